The number of carbonyl (C=O) groups excluding carboxylic acids is 1. The molecule has 158 valence electrons. The van der Waals surface area contributed by atoms with Crippen LogP contribution in [0, 0.1) is 24.2 Å². The van der Waals surface area contributed by atoms with Crippen LogP contribution in [0.2, 0.25) is 0 Å². The van der Waals surface area contributed by atoms with Crippen LogP contribution >= 0.6 is 0 Å². The summed E-state index contributed by atoms with van der Waals surface area (Å²) in [7, 11) is 0. The van der Waals surface area contributed by atoms with Gasteiger partial charge in [-0.25, -0.2) is 4.98 Å². The molecule has 0 bridgehead atoms. The number of benzene rings is 1. The van der Waals surface area contributed by atoms with E-state index in [-0.39, 0.29) is 11.9 Å². The molecular weight excluding hydrogens is 390 g/mol. The number of hydrogen-bond donors (Lipinski definition) is 1. The Hall–Kier alpha value is -3.73. The second kappa shape index (κ2) is 8.96. The number of aromatic nitrogens is 4. The van der Waals surface area contributed by atoms with Crippen molar-refractivity contribution in [1.29, 1.82) is 5.26 Å². The molecule has 1 aromatic carbocycles. The summed E-state index contributed by atoms with van der Waals surface area (Å²) in [5.74, 6) is 0.832. The van der Waals surface area contributed by atoms with E-state index in [1.54, 1.807) is 30.7 Å². The molecule has 1 N–H and O–H groups in total. The van der Waals surface area contributed by atoms with Gasteiger partial charge in [-0.05, 0) is 49.9 Å². The van der Waals surface area contributed by atoms with Crippen molar-refractivity contribution in [1.82, 2.24) is 24.9 Å². The van der Waals surface area contributed by atoms with Gasteiger partial charge in [0, 0.05) is 19.3 Å². The molecule has 1 amide bonds. The minimum absolute atomic E-state index is 0.0197. The van der Waals surface area contributed by atoms with Crippen LogP contribution in [0.4, 0.5) is 5.82 Å². The van der Waals surface area contributed by atoms with Gasteiger partial charge >= 0.3 is 0 Å². The van der Waals surface area contributed by atoms with Gasteiger partial charge in [-0.2, -0.15) is 20.3 Å². The van der Waals surface area contributed by atoms with E-state index in [1.807, 2.05) is 30.0 Å². The number of carbonyl (C=O) groups is 1. The number of hydrogen-bond acceptors (Lipinski definition) is 6. The summed E-state index contributed by atoms with van der Waals surface area (Å²) in [6.45, 7) is 5.35. The SMILES string of the molecule is Cc1ccc(-n2nccn2)c(C(=O)N2CCCC(C)C2CNc2ncccc2C#N)c1. The van der Waals surface area contributed by atoms with E-state index in [4.69, 9.17) is 0 Å². The number of aryl methyl sites for hydroxylation is 1. The topological polar surface area (TPSA) is 99.7 Å². The zero-order valence-electron chi connectivity index (χ0n) is 17.7. The van der Waals surface area contributed by atoms with E-state index in [0.29, 0.717) is 41.6 Å². The summed E-state index contributed by atoms with van der Waals surface area (Å²) in [5, 5.41) is 21.1. The summed E-state index contributed by atoms with van der Waals surface area (Å²) in [4.78, 5) is 21.4. The number of rotatable bonds is 5. The molecule has 2 atom stereocenters. The van der Waals surface area contributed by atoms with Gasteiger partial charge in [-0.1, -0.05) is 18.6 Å². The number of likely N-dealkylation sites (tertiary alicyclic amines) is 1. The first-order valence-electron chi connectivity index (χ1n) is 10.5. The maximum absolute atomic E-state index is 13.7. The molecule has 3 heterocycles. The molecule has 0 radical (unpaired) electrons. The fourth-order valence-corrected chi connectivity index (χ4v) is 4.14. The van der Waals surface area contributed by atoms with E-state index in [2.05, 4.69) is 33.5 Å². The highest BCUT2D eigenvalue weighted by Crippen LogP contribution is 2.27. The van der Waals surface area contributed by atoms with E-state index < -0.39 is 0 Å². The third kappa shape index (κ3) is 4.26. The minimum Gasteiger partial charge on any atom is -0.367 e. The van der Waals surface area contributed by atoms with Gasteiger partial charge in [0.2, 0.25) is 0 Å². The Bertz CT molecular complexity index is 1100. The zero-order chi connectivity index (χ0) is 21.8. The number of anilines is 1. The Morgan fingerprint density at radius 3 is 2.84 bits per heavy atom. The number of nitrogens with zero attached hydrogens (tertiary/aromatic N) is 6. The Labute approximate surface area is 181 Å². The molecule has 3 aromatic rings. The third-order valence-electron chi connectivity index (χ3n) is 5.80. The molecule has 2 aromatic heterocycles. The lowest BCUT2D eigenvalue weighted by Crippen LogP contribution is -2.51. The van der Waals surface area contributed by atoms with Gasteiger partial charge in [0.1, 0.15) is 11.9 Å². The Morgan fingerprint density at radius 1 is 1.26 bits per heavy atom. The van der Waals surface area contributed by atoms with Crippen molar-refractivity contribution in [2.75, 3.05) is 18.4 Å². The van der Waals surface area contributed by atoms with Crippen LogP contribution in [0.25, 0.3) is 5.69 Å². The summed E-state index contributed by atoms with van der Waals surface area (Å²) in [6, 6.07) is 11.4. The highest BCUT2D eigenvalue weighted by atomic mass is 16.2. The van der Waals surface area contributed by atoms with Crippen LogP contribution in [0.1, 0.15) is 41.3 Å². The zero-order valence-corrected chi connectivity index (χ0v) is 17.7. The lowest BCUT2D eigenvalue weighted by Gasteiger charge is -2.40. The number of piperidine rings is 1. The number of pyridine rings is 1. The van der Waals surface area contributed by atoms with E-state index in [1.165, 1.54) is 4.80 Å². The van der Waals surface area contributed by atoms with Crippen molar-refractivity contribution in [2.24, 2.45) is 5.92 Å². The van der Waals surface area contributed by atoms with Crippen LogP contribution in [-0.2, 0) is 0 Å². The first kappa shape index (κ1) is 20.5. The Balaban J connectivity index is 1.62. The monoisotopic (exact) mass is 415 g/mol. The first-order chi connectivity index (χ1) is 15.1. The predicted molar refractivity (Wildman–Crippen MR) is 117 cm³/mol. The molecule has 1 aliphatic heterocycles. The van der Waals surface area contributed by atoms with Crippen molar-refractivity contribution in [3.63, 3.8) is 0 Å². The first-order valence-corrected chi connectivity index (χ1v) is 10.5. The van der Waals surface area contributed by atoms with Gasteiger partial charge < -0.3 is 10.2 Å². The average Bonchev–Trinajstić information content (AvgIpc) is 3.32. The summed E-state index contributed by atoms with van der Waals surface area (Å²) >= 11 is 0. The highest BCUT2D eigenvalue weighted by molar-refractivity contribution is 5.98. The smallest absolute Gasteiger partial charge is 0.256 e. The second-order valence-electron chi connectivity index (χ2n) is 7.92. The van der Waals surface area contributed by atoms with Gasteiger partial charge in [-0.15, -0.1) is 0 Å². The number of amides is 1. The van der Waals surface area contributed by atoms with Crippen molar-refractivity contribution >= 4 is 11.7 Å². The fourth-order valence-electron chi connectivity index (χ4n) is 4.14. The average molecular weight is 416 g/mol. The maximum atomic E-state index is 13.7. The van der Waals surface area contributed by atoms with Gasteiger partial charge in [-0.3, -0.25) is 4.79 Å². The summed E-state index contributed by atoms with van der Waals surface area (Å²) < 4.78 is 0. The number of nitrogens with one attached hydrogen (secondary N) is 1. The van der Waals surface area contributed by atoms with E-state index in [9.17, 15) is 10.1 Å². The summed E-state index contributed by atoms with van der Waals surface area (Å²) in [5.41, 5.74) is 2.76. The van der Waals surface area contributed by atoms with Gasteiger partial charge in [0.25, 0.3) is 5.91 Å². The molecule has 0 spiro atoms. The molecule has 1 fully saturated rings. The molecular formula is C23H25N7O. The largest absolute Gasteiger partial charge is 0.367 e. The Morgan fingerprint density at radius 2 is 2.06 bits per heavy atom. The lowest BCUT2D eigenvalue weighted by molar-refractivity contribution is 0.0539. The molecule has 8 nitrogen and oxygen atoms in total. The van der Waals surface area contributed by atoms with Crippen LogP contribution in [0.3, 0.4) is 0 Å². The van der Waals surface area contributed by atoms with E-state index >= 15 is 0 Å². The molecule has 0 aliphatic carbocycles. The van der Waals surface area contributed by atoms with E-state index in [0.717, 1.165) is 18.4 Å². The molecule has 0 saturated carbocycles. The normalized spacial score (nSPS) is 18.4. The molecule has 2 unspecified atom stereocenters. The lowest BCUT2D eigenvalue weighted by atomic mass is 9.89. The van der Waals surface area contributed by atoms with Crippen molar-refractivity contribution in [3.05, 3.63) is 65.6 Å². The predicted octanol–water partition coefficient (Wildman–Crippen LogP) is 3.20. The van der Waals surface area contributed by atoms with Crippen LogP contribution in [-0.4, -0.2) is 49.9 Å². The third-order valence-corrected chi connectivity index (χ3v) is 5.80. The minimum atomic E-state index is -0.0316. The van der Waals surface area contributed by atoms with Crippen LogP contribution in [0.15, 0.2) is 48.9 Å². The molecule has 31 heavy (non-hydrogen) atoms. The summed E-state index contributed by atoms with van der Waals surface area (Å²) in [6.07, 6.45) is 6.86. The van der Waals surface area contributed by atoms with Crippen molar-refractivity contribution in [3.8, 4) is 11.8 Å². The maximum Gasteiger partial charge on any atom is 0.256 e. The van der Waals surface area contributed by atoms with Crippen LogP contribution in [0.5, 0.6) is 0 Å². The highest BCUT2D eigenvalue weighted by Gasteiger charge is 2.33. The number of nitriles is 1. The molecule has 1 aliphatic rings. The molecule has 1 saturated heterocycles. The van der Waals surface area contributed by atoms with Gasteiger partial charge in [0.15, 0.2) is 0 Å². The van der Waals surface area contributed by atoms with Crippen molar-refractivity contribution in [2.45, 2.75) is 32.7 Å². The van der Waals surface area contributed by atoms with Crippen LogP contribution < -0.4 is 5.32 Å². The molecule has 8 heteroatoms. The standard InChI is InChI=1S/C23H25N7O/c1-16-7-8-20(30-27-10-11-28-30)19(13-16)23(31)29-12-4-5-17(2)21(29)15-26-22-18(14-24)6-3-9-25-22/h3,6-11,13,17,21H,4-5,12,15H2,1-2H3,(H,25,26). The second-order valence-corrected chi connectivity index (χ2v) is 7.92. The molecule has 4 rings (SSSR count). The van der Waals surface area contributed by atoms with Gasteiger partial charge in [0.05, 0.1) is 35.2 Å². The quantitative estimate of drug-likeness (QED) is 0.687. The fraction of sp³-hybridized carbons (Fsp3) is 0.348. The van der Waals surface area contributed by atoms with Crippen molar-refractivity contribution < 1.29 is 4.79 Å². The Kier molecular flexibility index (Phi) is 5.94.